The zero-order valence-electron chi connectivity index (χ0n) is 7.82. The summed E-state index contributed by atoms with van der Waals surface area (Å²) in [6.45, 7) is 1.77. The molecule has 0 saturated heterocycles. The smallest absolute Gasteiger partial charge is 0.366 e. The van der Waals surface area contributed by atoms with Gasteiger partial charge < -0.3 is 14.3 Å². The maximum absolute atomic E-state index is 9.61. The minimum absolute atomic E-state index is 0.402. The Morgan fingerprint density at radius 3 is 2.15 bits per heavy atom. The average Bonchev–Trinajstić information content (AvgIpc) is 2.18. The molecule has 0 aliphatic heterocycles. The van der Waals surface area contributed by atoms with E-state index >= 15 is 0 Å². The van der Waals surface area contributed by atoms with Gasteiger partial charge in [-0.15, -0.1) is 0 Å². The number of methoxy groups -OCH3 is 1. The number of benzene rings is 1. The van der Waals surface area contributed by atoms with E-state index < -0.39 is 8.56 Å². The van der Waals surface area contributed by atoms with E-state index in [1.807, 2.05) is 0 Å². The van der Waals surface area contributed by atoms with Crippen LogP contribution in [0.25, 0.3) is 0 Å². The Morgan fingerprint density at radius 2 is 1.77 bits per heavy atom. The molecule has 13 heavy (non-hydrogen) atoms. The van der Waals surface area contributed by atoms with Crippen LogP contribution in [0.5, 0.6) is 5.75 Å². The molecule has 0 aliphatic rings. The SMILES string of the molecule is CC[Si](O)(O)c1ccc(OC)cc1. The van der Waals surface area contributed by atoms with Gasteiger partial charge in [-0.2, -0.15) is 0 Å². The molecule has 0 radical (unpaired) electrons. The van der Waals surface area contributed by atoms with Gasteiger partial charge in [-0.25, -0.2) is 0 Å². The van der Waals surface area contributed by atoms with Crippen molar-refractivity contribution >= 4 is 13.7 Å². The minimum Gasteiger partial charge on any atom is -0.497 e. The van der Waals surface area contributed by atoms with Gasteiger partial charge in [0.1, 0.15) is 5.75 Å². The van der Waals surface area contributed by atoms with E-state index in [1.165, 1.54) is 0 Å². The molecule has 1 aromatic carbocycles. The fourth-order valence-corrected chi connectivity index (χ4v) is 2.17. The topological polar surface area (TPSA) is 49.7 Å². The Morgan fingerprint density at radius 1 is 1.23 bits per heavy atom. The van der Waals surface area contributed by atoms with Gasteiger partial charge in [0.25, 0.3) is 0 Å². The second kappa shape index (κ2) is 3.91. The van der Waals surface area contributed by atoms with E-state index in [-0.39, 0.29) is 0 Å². The molecule has 0 bridgehead atoms. The molecule has 3 nitrogen and oxygen atoms in total. The van der Waals surface area contributed by atoms with Gasteiger partial charge in [0, 0.05) is 0 Å². The lowest BCUT2D eigenvalue weighted by Crippen LogP contribution is -2.47. The van der Waals surface area contributed by atoms with Gasteiger partial charge in [-0.05, 0) is 23.4 Å². The Balaban J connectivity index is 2.92. The molecule has 0 fully saturated rings. The van der Waals surface area contributed by atoms with Crippen LogP contribution in [0.2, 0.25) is 6.04 Å². The summed E-state index contributed by atoms with van der Waals surface area (Å²) in [5.41, 5.74) is 0. The van der Waals surface area contributed by atoms with Crippen molar-refractivity contribution in [1.82, 2.24) is 0 Å². The summed E-state index contributed by atoms with van der Waals surface area (Å²) in [4.78, 5) is 19.2. The molecular formula is C9H14O3Si. The lowest BCUT2D eigenvalue weighted by Gasteiger charge is -2.15. The molecule has 4 heteroatoms. The van der Waals surface area contributed by atoms with Crippen molar-refractivity contribution in [2.75, 3.05) is 7.11 Å². The van der Waals surface area contributed by atoms with Crippen molar-refractivity contribution in [2.24, 2.45) is 0 Å². The minimum atomic E-state index is -3.14. The Labute approximate surface area is 78.9 Å². The van der Waals surface area contributed by atoms with E-state index in [2.05, 4.69) is 0 Å². The molecule has 1 rings (SSSR count). The molecular weight excluding hydrogens is 184 g/mol. The largest absolute Gasteiger partial charge is 0.497 e. The summed E-state index contributed by atoms with van der Waals surface area (Å²) in [6.07, 6.45) is 0. The van der Waals surface area contributed by atoms with Crippen LogP contribution in [0, 0.1) is 0 Å². The van der Waals surface area contributed by atoms with E-state index in [4.69, 9.17) is 4.74 Å². The molecule has 0 aliphatic carbocycles. The number of hydrogen-bond acceptors (Lipinski definition) is 3. The molecule has 72 valence electrons. The van der Waals surface area contributed by atoms with Gasteiger partial charge in [0.15, 0.2) is 0 Å². The molecule has 0 spiro atoms. The van der Waals surface area contributed by atoms with Crippen molar-refractivity contribution < 1.29 is 14.3 Å². The molecule has 0 saturated carbocycles. The van der Waals surface area contributed by atoms with Gasteiger partial charge in [-0.3, -0.25) is 0 Å². The van der Waals surface area contributed by atoms with Crippen LogP contribution < -0.4 is 9.92 Å². The summed E-state index contributed by atoms with van der Waals surface area (Å²) in [6, 6.07) is 7.28. The van der Waals surface area contributed by atoms with Crippen molar-refractivity contribution in [3.63, 3.8) is 0 Å². The summed E-state index contributed by atoms with van der Waals surface area (Å²) in [7, 11) is -1.56. The quantitative estimate of drug-likeness (QED) is 0.689. The van der Waals surface area contributed by atoms with Crippen LogP contribution in [-0.4, -0.2) is 25.3 Å². The van der Waals surface area contributed by atoms with E-state index in [1.54, 1.807) is 38.3 Å². The van der Waals surface area contributed by atoms with Gasteiger partial charge in [-0.1, -0.05) is 19.1 Å². The van der Waals surface area contributed by atoms with Crippen molar-refractivity contribution in [3.05, 3.63) is 24.3 Å². The highest BCUT2D eigenvalue weighted by molar-refractivity contribution is 6.78. The molecule has 2 N–H and O–H groups in total. The Bertz CT molecular complexity index is 269. The second-order valence-electron chi connectivity index (χ2n) is 2.90. The number of ether oxygens (including phenoxy) is 1. The fraction of sp³-hybridized carbons (Fsp3) is 0.333. The summed E-state index contributed by atoms with van der Waals surface area (Å²) in [5.74, 6) is 0.727. The maximum atomic E-state index is 9.61. The normalized spacial score (nSPS) is 11.4. The third kappa shape index (κ3) is 2.30. The van der Waals surface area contributed by atoms with Crippen LogP contribution in [0.15, 0.2) is 24.3 Å². The number of hydrogen-bond donors (Lipinski definition) is 2. The van der Waals surface area contributed by atoms with Crippen LogP contribution in [-0.2, 0) is 0 Å². The first-order valence-corrected chi connectivity index (χ1v) is 6.29. The Hall–Kier alpha value is -0.843. The van der Waals surface area contributed by atoms with Crippen molar-refractivity contribution in [2.45, 2.75) is 13.0 Å². The highest BCUT2D eigenvalue weighted by Crippen LogP contribution is 2.09. The third-order valence-corrected chi connectivity index (χ3v) is 4.29. The summed E-state index contributed by atoms with van der Waals surface area (Å²) < 4.78 is 4.97. The average molecular weight is 198 g/mol. The first-order valence-electron chi connectivity index (χ1n) is 4.19. The first kappa shape index (κ1) is 10.2. The van der Waals surface area contributed by atoms with Gasteiger partial charge in [0.2, 0.25) is 0 Å². The first-order chi connectivity index (χ1) is 6.10. The predicted molar refractivity (Wildman–Crippen MR) is 53.3 cm³/mol. The zero-order valence-corrected chi connectivity index (χ0v) is 8.82. The van der Waals surface area contributed by atoms with Crippen LogP contribution in [0.4, 0.5) is 0 Å². The summed E-state index contributed by atoms with van der Waals surface area (Å²) in [5, 5.41) is 0.621. The summed E-state index contributed by atoms with van der Waals surface area (Å²) >= 11 is 0. The fourth-order valence-electron chi connectivity index (χ4n) is 1.06. The predicted octanol–water partition coefficient (Wildman–Crippen LogP) is 0.349. The Kier molecular flexibility index (Phi) is 3.08. The zero-order chi connectivity index (χ0) is 9.90. The molecule has 0 aromatic heterocycles. The third-order valence-electron chi connectivity index (χ3n) is 2.05. The van der Waals surface area contributed by atoms with Crippen molar-refractivity contribution in [1.29, 1.82) is 0 Å². The molecule has 0 atom stereocenters. The lowest BCUT2D eigenvalue weighted by atomic mass is 10.3. The van der Waals surface area contributed by atoms with Crippen LogP contribution >= 0.6 is 0 Å². The van der Waals surface area contributed by atoms with Gasteiger partial charge >= 0.3 is 8.56 Å². The van der Waals surface area contributed by atoms with Crippen LogP contribution in [0.3, 0.4) is 0 Å². The van der Waals surface area contributed by atoms with E-state index in [0.29, 0.717) is 11.2 Å². The second-order valence-corrected chi connectivity index (χ2v) is 5.82. The molecule has 0 unspecified atom stereocenters. The molecule has 1 aromatic rings. The van der Waals surface area contributed by atoms with Crippen molar-refractivity contribution in [3.8, 4) is 5.75 Å². The highest BCUT2D eigenvalue weighted by atomic mass is 28.4. The monoisotopic (exact) mass is 198 g/mol. The molecule has 0 amide bonds. The van der Waals surface area contributed by atoms with Crippen LogP contribution in [0.1, 0.15) is 6.92 Å². The highest BCUT2D eigenvalue weighted by Gasteiger charge is 2.28. The standard InChI is InChI=1S/C9H14O3Si/c1-3-13(10,11)9-6-4-8(12-2)5-7-9/h4-7,10-11H,3H2,1-2H3. The van der Waals surface area contributed by atoms with Gasteiger partial charge in [0.05, 0.1) is 7.11 Å². The lowest BCUT2D eigenvalue weighted by molar-refractivity contribution is 0.382. The van der Waals surface area contributed by atoms with E-state index in [9.17, 15) is 9.59 Å². The molecule has 0 heterocycles. The van der Waals surface area contributed by atoms with E-state index in [0.717, 1.165) is 5.75 Å². The number of rotatable bonds is 3. The maximum Gasteiger partial charge on any atom is 0.366 e.